The molecule has 0 saturated carbocycles. The molecule has 0 N–H and O–H groups in total. The molecule has 6 rings (SSSR count). The van der Waals surface area contributed by atoms with E-state index in [-0.39, 0.29) is 12.0 Å². The zero-order valence-electron chi connectivity index (χ0n) is 20.4. The SMILES string of the molecule is O=C(c1ccc2c(ccn2-c2ccc(OC3CCN(CCN4CCCC4)CC3)cn2)c1)N1CCC1. The van der Waals surface area contributed by atoms with Gasteiger partial charge >= 0.3 is 0 Å². The Morgan fingerprint density at radius 2 is 1.66 bits per heavy atom. The van der Waals surface area contributed by atoms with Gasteiger partial charge < -0.3 is 24.0 Å². The minimum atomic E-state index is 0.128. The highest BCUT2D eigenvalue weighted by atomic mass is 16.5. The molecule has 0 radical (unpaired) electrons. The maximum Gasteiger partial charge on any atom is 0.253 e. The van der Waals surface area contributed by atoms with E-state index in [1.165, 1.54) is 39.0 Å². The van der Waals surface area contributed by atoms with Crippen molar-refractivity contribution in [3.8, 4) is 11.6 Å². The maximum absolute atomic E-state index is 12.5. The van der Waals surface area contributed by atoms with E-state index >= 15 is 0 Å². The quantitative estimate of drug-likeness (QED) is 0.522. The number of piperidine rings is 1. The molecule has 184 valence electrons. The second-order valence-corrected chi connectivity index (χ2v) is 10.2. The largest absolute Gasteiger partial charge is 0.489 e. The number of nitrogens with zero attached hydrogens (tertiary/aromatic N) is 5. The Labute approximate surface area is 207 Å². The summed E-state index contributed by atoms with van der Waals surface area (Å²) < 4.78 is 8.34. The van der Waals surface area contributed by atoms with E-state index in [1.807, 2.05) is 53.7 Å². The summed E-state index contributed by atoms with van der Waals surface area (Å²) >= 11 is 0. The number of likely N-dealkylation sites (tertiary alicyclic amines) is 3. The molecule has 7 heteroatoms. The van der Waals surface area contributed by atoms with Gasteiger partial charge in [0.25, 0.3) is 5.91 Å². The van der Waals surface area contributed by atoms with E-state index < -0.39 is 0 Å². The van der Waals surface area contributed by atoms with Gasteiger partial charge in [-0.05, 0) is 81.6 Å². The number of amides is 1. The van der Waals surface area contributed by atoms with Gasteiger partial charge in [0.1, 0.15) is 17.7 Å². The third kappa shape index (κ3) is 4.93. The topological polar surface area (TPSA) is 53.8 Å². The number of fused-ring (bicyclic) bond motifs is 1. The molecule has 1 amide bonds. The standard InChI is InChI=1S/C28H35N5O2/c34-28(32-13-3-14-32)23-4-6-26-22(20-23)8-17-33(26)27-7-5-25(21-29-27)35-24-9-15-31(16-10-24)19-18-30-11-1-2-12-30/h4-8,17,20-21,24H,1-3,9-16,18-19H2. The average molecular weight is 474 g/mol. The van der Waals surface area contributed by atoms with Crippen LogP contribution in [0.15, 0.2) is 48.8 Å². The van der Waals surface area contributed by atoms with Gasteiger partial charge in [-0.25, -0.2) is 4.98 Å². The van der Waals surface area contributed by atoms with E-state index in [2.05, 4.69) is 19.4 Å². The van der Waals surface area contributed by atoms with Gasteiger partial charge in [-0.15, -0.1) is 0 Å². The smallest absolute Gasteiger partial charge is 0.253 e. The second-order valence-electron chi connectivity index (χ2n) is 10.2. The van der Waals surface area contributed by atoms with Crippen LogP contribution in [-0.2, 0) is 0 Å². The molecule has 3 saturated heterocycles. The van der Waals surface area contributed by atoms with Gasteiger partial charge in [-0.3, -0.25) is 4.79 Å². The normalized spacial score (nSPS) is 19.8. The van der Waals surface area contributed by atoms with E-state index in [9.17, 15) is 4.79 Å². The third-order valence-electron chi connectivity index (χ3n) is 7.82. The van der Waals surface area contributed by atoms with Crippen LogP contribution in [0.2, 0.25) is 0 Å². The fourth-order valence-electron chi connectivity index (χ4n) is 5.49. The summed E-state index contributed by atoms with van der Waals surface area (Å²) in [6.45, 7) is 8.91. The number of hydrogen-bond acceptors (Lipinski definition) is 5. The Morgan fingerprint density at radius 1 is 0.886 bits per heavy atom. The average Bonchev–Trinajstić information content (AvgIpc) is 3.53. The van der Waals surface area contributed by atoms with Gasteiger partial charge in [0.2, 0.25) is 0 Å². The van der Waals surface area contributed by atoms with Crippen LogP contribution < -0.4 is 4.74 Å². The Hall–Kier alpha value is -2.90. The van der Waals surface area contributed by atoms with Crippen molar-refractivity contribution in [1.29, 1.82) is 0 Å². The minimum absolute atomic E-state index is 0.128. The molecular formula is C28H35N5O2. The molecule has 0 atom stereocenters. The zero-order chi connectivity index (χ0) is 23.6. The lowest BCUT2D eigenvalue weighted by Crippen LogP contribution is -2.41. The van der Waals surface area contributed by atoms with Crippen molar-refractivity contribution >= 4 is 16.8 Å². The first-order valence-corrected chi connectivity index (χ1v) is 13.2. The van der Waals surface area contributed by atoms with Crippen molar-refractivity contribution < 1.29 is 9.53 Å². The summed E-state index contributed by atoms with van der Waals surface area (Å²) in [7, 11) is 0. The minimum Gasteiger partial charge on any atom is -0.489 e. The van der Waals surface area contributed by atoms with E-state index in [0.29, 0.717) is 0 Å². The first kappa shape index (κ1) is 22.6. The van der Waals surface area contributed by atoms with Crippen molar-refractivity contribution in [2.45, 2.75) is 38.2 Å². The van der Waals surface area contributed by atoms with Crippen LogP contribution in [0.3, 0.4) is 0 Å². The van der Waals surface area contributed by atoms with Crippen LogP contribution in [0.25, 0.3) is 16.7 Å². The highest BCUT2D eigenvalue weighted by Gasteiger charge is 2.23. The summed E-state index contributed by atoms with van der Waals surface area (Å²) in [6.07, 6.45) is 10.1. The number of benzene rings is 1. The third-order valence-corrected chi connectivity index (χ3v) is 7.82. The number of aromatic nitrogens is 2. The van der Waals surface area contributed by atoms with E-state index in [1.54, 1.807) is 0 Å². The van der Waals surface area contributed by atoms with Crippen LogP contribution in [-0.4, -0.2) is 88.6 Å². The van der Waals surface area contributed by atoms with Crippen LogP contribution in [0.1, 0.15) is 42.5 Å². The lowest BCUT2D eigenvalue weighted by molar-refractivity contribution is 0.0652. The summed E-state index contributed by atoms with van der Waals surface area (Å²) in [5.74, 6) is 1.82. The predicted molar refractivity (Wildman–Crippen MR) is 137 cm³/mol. The fourth-order valence-corrected chi connectivity index (χ4v) is 5.49. The number of hydrogen-bond donors (Lipinski definition) is 0. The summed E-state index contributed by atoms with van der Waals surface area (Å²) in [6, 6.07) is 12.0. The molecule has 0 spiro atoms. The lowest BCUT2D eigenvalue weighted by atomic mass is 10.1. The number of carbonyl (C=O) groups excluding carboxylic acids is 1. The van der Waals surface area contributed by atoms with Crippen LogP contribution in [0.4, 0.5) is 0 Å². The molecule has 0 unspecified atom stereocenters. The maximum atomic E-state index is 12.5. The Morgan fingerprint density at radius 3 is 2.34 bits per heavy atom. The van der Waals surface area contributed by atoms with E-state index in [4.69, 9.17) is 4.74 Å². The Bertz CT molecular complexity index is 1160. The first-order chi connectivity index (χ1) is 17.2. The summed E-state index contributed by atoms with van der Waals surface area (Å²) in [4.78, 5) is 24.3. The first-order valence-electron chi connectivity index (χ1n) is 13.2. The number of rotatable bonds is 7. The molecule has 35 heavy (non-hydrogen) atoms. The van der Waals surface area contributed by atoms with Gasteiger partial charge in [0.05, 0.1) is 11.7 Å². The molecule has 2 aromatic heterocycles. The molecule has 7 nitrogen and oxygen atoms in total. The van der Waals surface area contributed by atoms with Gasteiger partial charge in [-0.1, -0.05) is 0 Å². The van der Waals surface area contributed by atoms with Gasteiger partial charge in [0.15, 0.2) is 0 Å². The van der Waals surface area contributed by atoms with Gasteiger partial charge in [0, 0.05) is 56.4 Å². The molecular weight excluding hydrogens is 438 g/mol. The van der Waals surface area contributed by atoms with Crippen molar-refractivity contribution in [3.05, 3.63) is 54.4 Å². The lowest BCUT2D eigenvalue weighted by Gasteiger charge is -2.33. The highest BCUT2D eigenvalue weighted by molar-refractivity contribution is 5.98. The molecule has 3 aromatic rings. The monoisotopic (exact) mass is 473 g/mol. The molecule has 1 aromatic carbocycles. The highest BCUT2D eigenvalue weighted by Crippen LogP contribution is 2.24. The van der Waals surface area contributed by atoms with Gasteiger partial charge in [-0.2, -0.15) is 0 Å². The van der Waals surface area contributed by atoms with Crippen molar-refractivity contribution in [1.82, 2.24) is 24.3 Å². The number of pyridine rings is 1. The van der Waals surface area contributed by atoms with Crippen LogP contribution in [0.5, 0.6) is 5.75 Å². The van der Waals surface area contributed by atoms with Crippen LogP contribution in [0, 0.1) is 0 Å². The molecule has 5 heterocycles. The molecule has 0 bridgehead atoms. The Balaban J connectivity index is 1.04. The molecule has 3 aliphatic heterocycles. The molecule has 0 aliphatic carbocycles. The zero-order valence-corrected chi connectivity index (χ0v) is 20.4. The summed E-state index contributed by atoms with van der Waals surface area (Å²) in [5, 5.41) is 1.05. The molecule has 3 aliphatic rings. The van der Waals surface area contributed by atoms with E-state index in [0.717, 1.165) is 73.5 Å². The predicted octanol–water partition coefficient (Wildman–Crippen LogP) is 3.81. The number of carbonyl (C=O) groups is 1. The Kier molecular flexibility index (Phi) is 6.44. The fraction of sp³-hybridized carbons (Fsp3) is 0.500. The number of ether oxygens (including phenoxy) is 1. The van der Waals surface area contributed by atoms with Crippen LogP contribution >= 0.6 is 0 Å². The van der Waals surface area contributed by atoms with Crippen molar-refractivity contribution in [3.63, 3.8) is 0 Å². The second kappa shape index (κ2) is 9.99. The summed E-state index contributed by atoms with van der Waals surface area (Å²) in [5.41, 5.74) is 1.81. The van der Waals surface area contributed by atoms with Crippen molar-refractivity contribution in [2.24, 2.45) is 0 Å². The van der Waals surface area contributed by atoms with Crippen molar-refractivity contribution in [2.75, 3.05) is 52.4 Å². The molecule has 3 fully saturated rings.